The maximum Gasteiger partial charge on any atom is 0.407 e. The van der Waals surface area contributed by atoms with Gasteiger partial charge in [-0.15, -0.1) is 0 Å². The molecular formula is C17H23N5O4. The van der Waals surface area contributed by atoms with Crippen LogP contribution in [0.3, 0.4) is 0 Å². The zero-order valence-electron chi connectivity index (χ0n) is 14.6. The van der Waals surface area contributed by atoms with E-state index < -0.39 is 6.09 Å². The molecule has 0 aliphatic carbocycles. The number of carbonyl (C=O) groups is 2. The van der Waals surface area contributed by atoms with Crippen molar-refractivity contribution >= 4 is 28.8 Å². The molecule has 26 heavy (non-hydrogen) atoms. The Balaban J connectivity index is 1.68. The van der Waals surface area contributed by atoms with Crippen molar-refractivity contribution < 1.29 is 19.2 Å². The number of benzene rings is 1. The van der Waals surface area contributed by atoms with E-state index in [0.29, 0.717) is 37.6 Å². The summed E-state index contributed by atoms with van der Waals surface area (Å²) in [6, 6.07) is 6.01. The Hall–Kier alpha value is -2.81. The molecule has 0 radical (unpaired) electrons. The Morgan fingerprint density at radius 3 is 2.92 bits per heavy atom. The number of piperazine rings is 1. The Kier molecular flexibility index (Phi) is 5.27. The standard InChI is InChI=1S/C17H23N5O4/c1-11-9-22(17(24)25)7-6-21(11)10-12-2-3-14-13(8-12)16(20-26-14)19-5-4-15(18)23/h2-3,8,11H,4-7,9-10H2,1H3,(H2,18,23)(H,19,20)(H,24,25). The number of aromatic nitrogens is 1. The van der Waals surface area contributed by atoms with E-state index in [4.69, 9.17) is 15.4 Å². The third-order valence-corrected chi connectivity index (χ3v) is 4.62. The van der Waals surface area contributed by atoms with Crippen LogP contribution in [0.1, 0.15) is 18.9 Å². The van der Waals surface area contributed by atoms with Crippen molar-refractivity contribution in [3.8, 4) is 0 Å². The highest BCUT2D eigenvalue weighted by molar-refractivity contribution is 5.88. The fourth-order valence-corrected chi connectivity index (χ4v) is 3.15. The second-order valence-corrected chi connectivity index (χ2v) is 6.55. The SMILES string of the molecule is CC1CN(C(=O)O)CCN1Cc1ccc2onc(NCCC(N)=O)c2c1. The molecule has 2 heterocycles. The summed E-state index contributed by atoms with van der Waals surface area (Å²) in [5.41, 5.74) is 6.90. The molecule has 1 aliphatic heterocycles. The first-order valence-corrected chi connectivity index (χ1v) is 8.56. The zero-order chi connectivity index (χ0) is 18.7. The number of amides is 2. The minimum atomic E-state index is -0.867. The molecule has 0 saturated carbocycles. The molecule has 2 aromatic rings. The molecule has 2 amide bonds. The lowest BCUT2D eigenvalue weighted by Gasteiger charge is -2.38. The number of anilines is 1. The van der Waals surface area contributed by atoms with Crippen molar-refractivity contribution in [3.63, 3.8) is 0 Å². The monoisotopic (exact) mass is 361 g/mol. The molecule has 9 heteroatoms. The van der Waals surface area contributed by atoms with Crippen LogP contribution in [0.4, 0.5) is 10.6 Å². The van der Waals surface area contributed by atoms with Gasteiger partial charge in [0.15, 0.2) is 11.4 Å². The number of nitrogens with zero attached hydrogens (tertiary/aromatic N) is 3. The van der Waals surface area contributed by atoms with Crippen LogP contribution in [0.25, 0.3) is 11.0 Å². The molecule has 0 bridgehead atoms. The number of rotatable bonds is 6. The molecule has 3 rings (SSSR count). The number of fused-ring (bicyclic) bond motifs is 1. The van der Waals surface area contributed by atoms with Crippen LogP contribution in [0, 0.1) is 0 Å². The number of carbonyl (C=O) groups excluding carboxylic acids is 1. The van der Waals surface area contributed by atoms with Gasteiger partial charge in [-0.25, -0.2) is 4.79 Å². The summed E-state index contributed by atoms with van der Waals surface area (Å²) in [7, 11) is 0. The Morgan fingerprint density at radius 1 is 1.42 bits per heavy atom. The van der Waals surface area contributed by atoms with Gasteiger partial charge < -0.3 is 25.6 Å². The summed E-state index contributed by atoms with van der Waals surface area (Å²) >= 11 is 0. The predicted molar refractivity (Wildman–Crippen MR) is 95.8 cm³/mol. The van der Waals surface area contributed by atoms with Crippen LogP contribution >= 0.6 is 0 Å². The van der Waals surface area contributed by atoms with Crippen molar-refractivity contribution in [3.05, 3.63) is 23.8 Å². The third-order valence-electron chi connectivity index (χ3n) is 4.62. The lowest BCUT2D eigenvalue weighted by atomic mass is 10.1. The largest absolute Gasteiger partial charge is 0.465 e. The predicted octanol–water partition coefficient (Wildman–Crippen LogP) is 1.30. The van der Waals surface area contributed by atoms with Crippen molar-refractivity contribution in [1.29, 1.82) is 0 Å². The van der Waals surface area contributed by atoms with Crippen molar-refractivity contribution in [2.24, 2.45) is 5.73 Å². The average Bonchev–Trinajstić information content (AvgIpc) is 2.99. The topological polar surface area (TPSA) is 125 Å². The minimum absolute atomic E-state index is 0.145. The summed E-state index contributed by atoms with van der Waals surface area (Å²) < 4.78 is 5.30. The fourth-order valence-electron chi connectivity index (χ4n) is 3.15. The number of primary amides is 1. The first-order chi connectivity index (χ1) is 12.4. The molecule has 1 aromatic carbocycles. The maximum atomic E-state index is 11.1. The Bertz CT molecular complexity index is 806. The quantitative estimate of drug-likeness (QED) is 0.708. The highest BCUT2D eigenvalue weighted by Gasteiger charge is 2.26. The first kappa shape index (κ1) is 18.0. The molecule has 140 valence electrons. The highest BCUT2D eigenvalue weighted by Crippen LogP contribution is 2.25. The molecule has 1 fully saturated rings. The van der Waals surface area contributed by atoms with Gasteiger partial charge in [-0.3, -0.25) is 9.69 Å². The van der Waals surface area contributed by atoms with Crippen LogP contribution in [-0.2, 0) is 11.3 Å². The van der Waals surface area contributed by atoms with Gasteiger partial charge in [-0.05, 0) is 24.6 Å². The molecule has 1 aromatic heterocycles. The second-order valence-electron chi connectivity index (χ2n) is 6.55. The van der Waals surface area contributed by atoms with E-state index in [1.54, 1.807) is 0 Å². The van der Waals surface area contributed by atoms with Gasteiger partial charge in [-0.1, -0.05) is 11.2 Å². The minimum Gasteiger partial charge on any atom is -0.465 e. The van der Waals surface area contributed by atoms with Gasteiger partial charge >= 0.3 is 6.09 Å². The maximum absolute atomic E-state index is 11.1. The van der Waals surface area contributed by atoms with E-state index in [9.17, 15) is 9.59 Å². The molecule has 1 unspecified atom stereocenters. The molecule has 1 atom stereocenters. The average molecular weight is 361 g/mol. The number of carboxylic acid groups (broad SMARTS) is 1. The smallest absolute Gasteiger partial charge is 0.407 e. The zero-order valence-corrected chi connectivity index (χ0v) is 14.6. The third kappa shape index (κ3) is 4.05. The summed E-state index contributed by atoms with van der Waals surface area (Å²) in [6.45, 7) is 4.86. The normalized spacial score (nSPS) is 18.2. The summed E-state index contributed by atoms with van der Waals surface area (Å²) in [5, 5.41) is 17.0. The van der Waals surface area contributed by atoms with Crippen LogP contribution in [0.5, 0.6) is 0 Å². The van der Waals surface area contributed by atoms with Crippen molar-refractivity contribution in [1.82, 2.24) is 15.0 Å². The van der Waals surface area contributed by atoms with Gasteiger partial charge in [0.1, 0.15) is 0 Å². The summed E-state index contributed by atoms with van der Waals surface area (Å²) in [6.07, 6.45) is -0.645. The summed E-state index contributed by atoms with van der Waals surface area (Å²) in [4.78, 5) is 25.7. The molecule has 1 aliphatic rings. The van der Waals surface area contributed by atoms with E-state index in [-0.39, 0.29) is 18.4 Å². The number of hydrogen-bond acceptors (Lipinski definition) is 6. The first-order valence-electron chi connectivity index (χ1n) is 8.56. The second kappa shape index (κ2) is 7.61. The molecule has 9 nitrogen and oxygen atoms in total. The van der Waals surface area contributed by atoms with Gasteiger partial charge in [0.25, 0.3) is 0 Å². The number of hydrogen-bond donors (Lipinski definition) is 3. The lowest BCUT2D eigenvalue weighted by molar-refractivity contribution is -0.117. The van der Waals surface area contributed by atoms with E-state index in [2.05, 4.69) is 15.4 Å². The molecule has 4 N–H and O–H groups in total. The lowest BCUT2D eigenvalue weighted by Crippen LogP contribution is -2.52. The van der Waals surface area contributed by atoms with E-state index in [1.165, 1.54) is 4.90 Å². The highest BCUT2D eigenvalue weighted by atomic mass is 16.5. The van der Waals surface area contributed by atoms with Crippen molar-refractivity contribution in [2.75, 3.05) is 31.5 Å². The van der Waals surface area contributed by atoms with Crippen LogP contribution in [0.2, 0.25) is 0 Å². The van der Waals surface area contributed by atoms with E-state index in [1.807, 2.05) is 25.1 Å². The number of nitrogens with one attached hydrogen (secondary N) is 1. The Morgan fingerprint density at radius 2 is 2.23 bits per heavy atom. The molecule has 1 saturated heterocycles. The van der Waals surface area contributed by atoms with Crippen molar-refractivity contribution in [2.45, 2.75) is 25.9 Å². The van der Waals surface area contributed by atoms with Gasteiger partial charge in [0.05, 0.1) is 5.39 Å². The van der Waals surface area contributed by atoms with E-state index >= 15 is 0 Å². The Labute approximate surface area is 150 Å². The van der Waals surface area contributed by atoms with Gasteiger partial charge in [0.2, 0.25) is 5.91 Å². The van der Waals surface area contributed by atoms with Crippen LogP contribution < -0.4 is 11.1 Å². The number of nitrogens with two attached hydrogens (primary N) is 1. The van der Waals surface area contributed by atoms with Crippen LogP contribution in [-0.4, -0.2) is 64.3 Å². The molecule has 0 spiro atoms. The summed E-state index contributed by atoms with van der Waals surface area (Å²) in [5.74, 6) is 0.215. The van der Waals surface area contributed by atoms with E-state index in [0.717, 1.165) is 17.5 Å². The fraction of sp³-hybridized carbons (Fsp3) is 0.471. The van der Waals surface area contributed by atoms with Gasteiger partial charge in [-0.2, -0.15) is 0 Å². The van der Waals surface area contributed by atoms with Gasteiger partial charge in [0, 0.05) is 45.2 Å². The van der Waals surface area contributed by atoms with Crippen LogP contribution in [0.15, 0.2) is 22.7 Å². The molecular weight excluding hydrogens is 338 g/mol.